The highest BCUT2D eigenvalue weighted by Crippen LogP contribution is 2.39. The summed E-state index contributed by atoms with van der Waals surface area (Å²) in [5.41, 5.74) is -1.46. The molecule has 0 saturated heterocycles. The molecular weight excluding hydrogens is 481 g/mol. The molecule has 0 saturated carbocycles. The molecule has 4 nitrogen and oxygen atoms in total. The molecule has 0 aliphatic rings. The summed E-state index contributed by atoms with van der Waals surface area (Å²) >= 11 is 5.81. The monoisotopic (exact) mass is 494 g/mol. The van der Waals surface area contributed by atoms with Gasteiger partial charge in [-0.3, -0.25) is 4.79 Å². The minimum absolute atomic E-state index is 0.0766. The molecule has 35 heavy (non-hydrogen) atoms. The molecule has 0 unspecified atom stereocenters. The van der Waals surface area contributed by atoms with E-state index in [9.17, 15) is 22.8 Å². The van der Waals surface area contributed by atoms with E-state index in [0.29, 0.717) is 15.8 Å². The number of rotatable bonds is 3. The molecule has 0 bridgehead atoms. The second-order valence-corrected chi connectivity index (χ2v) is 8.15. The molecule has 0 N–H and O–H groups in total. The number of hydrogen-bond acceptors (Lipinski definition) is 4. The maximum Gasteiger partial charge on any atom is 0.450 e. The summed E-state index contributed by atoms with van der Waals surface area (Å²) in [7, 11) is 0. The Kier molecular flexibility index (Phi) is 5.57. The topological polar surface area (TPSA) is 56.5 Å². The third-order valence-electron chi connectivity index (χ3n) is 5.47. The van der Waals surface area contributed by atoms with Crippen LogP contribution in [0.3, 0.4) is 0 Å². The van der Waals surface area contributed by atoms with Gasteiger partial charge in [0.2, 0.25) is 11.2 Å². The Morgan fingerprint density at radius 1 is 0.857 bits per heavy atom. The Labute approximate surface area is 201 Å². The zero-order valence-corrected chi connectivity index (χ0v) is 18.5. The molecule has 5 rings (SSSR count). The third kappa shape index (κ3) is 4.26. The minimum atomic E-state index is -4.95. The molecule has 1 aromatic heterocycles. The standard InChI is InChI=1S/C27H14ClF3O4/c28-17-10-8-16(9-11-17)26(33)34-18-12-13-21-22(14-18)35-25(27(29,30)31)23(24(21)32)20-7-3-5-15-4-1-2-6-19(15)20/h1-14H. The molecule has 0 fully saturated rings. The van der Waals surface area contributed by atoms with E-state index >= 15 is 0 Å². The van der Waals surface area contributed by atoms with Gasteiger partial charge in [0.1, 0.15) is 11.3 Å². The maximum absolute atomic E-state index is 14.1. The molecule has 0 atom stereocenters. The minimum Gasteiger partial charge on any atom is -0.450 e. The van der Waals surface area contributed by atoms with Gasteiger partial charge in [0.25, 0.3) is 0 Å². The summed E-state index contributed by atoms with van der Waals surface area (Å²) in [5, 5.41) is 1.52. The largest absolute Gasteiger partial charge is 0.450 e. The normalized spacial score (nSPS) is 11.7. The van der Waals surface area contributed by atoms with Crippen LogP contribution in [-0.4, -0.2) is 5.97 Å². The van der Waals surface area contributed by atoms with Gasteiger partial charge in [-0.2, -0.15) is 13.2 Å². The number of ether oxygens (including phenoxy) is 1. The number of carbonyl (C=O) groups is 1. The lowest BCUT2D eigenvalue weighted by atomic mass is 9.96. The first kappa shape index (κ1) is 22.7. The van der Waals surface area contributed by atoms with Crippen molar-refractivity contribution in [3.05, 3.63) is 111 Å². The number of alkyl halides is 3. The zero-order valence-electron chi connectivity index (χ0n) is 17.7. The first-order chi connectivity index (χ1) is 16.7. The lowest BCUT2D eigenvalue weighted by Gasteiger charge is -2.14. The Hall–Kier alpha value is -4.10. The quantitative estimate of drug-likeness (QED) is 0.192. The number of halogens is 4. The number of benzene rings is 4. The van der Waals surface area contributed by atoms with Gasteiger partial charge in [-0.05, 0) is 52.7 Å². The van der Waals surface area contributed by atoms with E-state index in [1.807, 2.05) is 0 Å². The van der Waals surface area contributed by atoms with Crippen LogP contribution in [0, 0.1) is 0 Å². The highest BCUT2D eigenvalue weighted by Gasteiger charge is 2.39. The Morgan fingerprint density at radius 2 is 1.57 bits per heavy atom. The second-order valence-electron chi connectivity index (χ2n) is 7.71. The van der Waals surface area contributed by atoms with Crippen LogP contribution in [-0.2, 0) is 6.18 Å². The molecule has 0 aliphatic carbocycles. The highest BCUT2D eigenvalue weighted by atomic mass is 35.5. The molecule has 0 radical (unpaired) electrons. The second kappa shape index (κ2) is 8.60. The van der Waals surface area contributed by atoms with Crippen molar-refractivity contribution in [1.82, 2.24) is 0 Å². The summed E-state index contributed by atoms with van der Waals surface area (Å²) in [6.07, 6.45) is -4.95. The van der Waals surface area contributed by atoms with Crippen LogP contribution in [0.15, 0.2) is 94.1 Å². The molecule has 8 heteroatoms. The molecule has 0 aliphatic heterocycles. The van der Waals surface area contributed by atoms with E-state index in [1.165, 1.54) is 42.5 Å². The fraction of sp³-hybridized carbons (Fsp3) is 0.0370. The predicted octanol–water partition coefficient (Wildman–Crippen LogP) is 7.50. The van der Waals surface area contributed by atoms with Gasteiger partial charge in [-0.1, -0.05) is 54.1 Å². The van der Waals surface area contributed by atoms with Crippen molar-refractivity contribution in [2.75, 3.05) is 0 Å². The molecule has 1 heterocycles. The third-order valence-corrected chi connectivity index (χ3v) is 5.72. The van der Waals surface area contributed by atoms with Gasteiger partial charge in [0.15, 0.2) is 0 Å². The van der Waals surface area contributed by atoms with E-state index in [2.05, 4.69) is 0 Å². The van der Waals surface area contributed by atoms with Crippen LogP contribution in [0.4, 0.5) is 13.2 Å². The van der Waals surface area contributed by atoms with Gasteiger partial charge < -0.3 is 9.15 Å². The average Bonchev–Trinajstić information content (AvgIpc) is 2.83. The van der Waals surface area contributed by atoms with Crippen LogP contribution < -0.4 is 10.2 Å². The van der Waals surface area contributed by atoms with Crippen molar-refractivity contribution in [1.29, 1.82) is 0 Å². The molecule has 4 aromatic carbocycles. The van der Waals surface area contributed by atoms with Crippen molar-refractivity contribution in [3.8, 4) is 16.9 Å². The van der Waals surface area contributed by atoms with Gasteiger partial charge in [-0.25, -0.2) is 4.79 Å². The van der Waals surface area contributed by atoms with Crippen LogP contribution >= 0.6 is 11.6 Å². The van der Waals surface area contributed by atoms with Gasteiger partial charge in [0, 0.05) is 11.1 Å². The predicted molar refractivity (Wildman–Crippen MR) is 127 cm³/mol. The number of carbonyl (C=O) groups excluding carboxylic acids is 1. The highest BCUT2D eigenvalue weighted by molar-refractivity contribution is 6.30. The van der Waals surface area contributed by atoms with Crippen molar-refractivity contribution < 1.29 is 27.1 Å². The van der Waals surface area contributed by atoms with E-state index < -0.39 is 28.9 Å². The average molecular weight is 495 g/mol. The van der Waals surface area contributed by atoms with Crippen molar-refractivity contribution in [2.45, 2.75) is 6.18 Å². The summed E-state index contributed by atoms with van der Waals surface area (Å²) in [4.78, 5) is 25.7. The zero-order chi connectivity index (χ0) is 24.7. The summed E-state index contributed by atoms with van der Waals surface area (Å²) < 4.78 is 52.7. The summed E-state index contributed by atoms with van der Waals surface area (Å²) in [5.74, 6) is -2.24. The van der Waals surface area contributed by atoms with E-state index in [-0.39, 0.29) is 27.8 Å². The van der Waals surface area contributed by atoms with Crippen LogP contribution in [0.5, 0.6) is 5.75 Å². The maximum atomic E-state index is 14.1. The number of hydrogen-bond donors (Lipinski definition) is 0. The molecule has 0 spiro atoms. The van der Waals surface area contributed by atoms with E-state index in [4.69, 9.17) is 20.8 Å². The smallest absolute Gasteiger partial charge is 0.450 e. The molecule has 5 aromatic rings. The van der Waals surface area contributed by atoms with E-state index in [0.717, 1.165) is 6.07 Å². The fourth-order valence-electron chi connectivity index (χ4n) is 3.88. The van der Waals surface area contributed by atoms with Gasteiger partial charge in [0.05, 0.1) is 16.5 Å². The Morgan fingerprint density at radius 3 is 2.31 bits per heavy atom. The fourth-order valence-corrected chi connectivity index (χ4v) is 4.00. The van der Waals surface area contributed by atoms with E-state index in [1.54, 1.807) is 36.4 Å². The van der Waals surface area contributed by atoms with Gasteiger partial charge in [-0.15, -0.1) is 0 Å². The lowest BCUT2D eigenvalue weighted by Crippen LogP contribution is -2.16. The van der Waals surface area contributed by atoms with Crippen molar-refractivity contribution >= 4 is 39.3 Å². The first-order valence-electron chi connectivity index (χ1n) is 10.4. The lowest BCUT2D eigenvalue weighted by molar-refractivity contribution is -0.152. The molecule has 0 amide bonds. The SMILES string of the molecule is O=C(Oc1ccc2c(=O)c(-c3cccc4ccccc34)c(C(F)(F)F)oc2c1)c1ccc(Cl)cc1. The number of fused-ring (bicyclic) bond motifs is 2. The van der Waals surface area contributed by atoms with Crippen LogP contribution in [0.2, 0.25) is 5.02 Å². The van der Waals surface area contributed by atoms with Crippen molar-refractivity contribution in [2.24, 2.45) is 0 Å². The number of esters is 1. The molecular formula is C27H14ClF3O4. The van der Waals surface area contributed by atoms with Gasteiger partial charge >= 0.3 is 12.1 Å². The van der Waals surface area contributed by atoms with Crippen molar-refractivity contribution in [3.63, 3.8) is 0 Å². The summed E-state index contributed by atoms with van der Waals surface area (Å²) in [6.45, 7) is 0. The first-order valence-corrected chi connectivity index (χ1v) is 10.7. The molecule has 174 valence electrons. The van der Waals surface area contributed by atoms with Crippen LogP contribution in [0.25, 0.3) is 32.9 Å². The Balaban J connectivity index is 1.66. The summed E-state index contributed by atoms with van der Waals surface area (Å²) in [6, 6.07) is 21.2. The van der Waals surface area contributed by atoms with Crippen LogP contribution in [0.1, 0.15) is 16.1 Å². The Bertz CT molecular complexity index is 1650.